The van der Waals surface area contributed by atoms with Gasteiger partial charge in [0.15, 0.2) is 0 Å². The van der Waals surface area contributed by atoms with Crippen molar-refractivity contribution in [2.24, 2.45) is 0 Å². The quantitative estimate of drug-likeness (QED) is 0.461. The second kappa shape index (κ2) is 8.27. The molecule has 0 N–H and O–H groups in total. The predicted molar refractivity (Wildman–Crippen MR) is 109 cm³/mol. The maximum atomic E-state index is 12.7. The lowest BCUT2D eigenvalue weighted by Crippen LogP contribution is -2.26. The van der Waals surface area contributed by atoms with Crippen LogP contribution < -0.4 is 9.04 Å². The van der Waals surface area contributed by atoms with Gasteiger partial charge in [0, 0.05) is 7.05 Å². The van der Waals surface area contributed by atoms with Gasteiger partial charge in [0.1, 0.15) is 5.75 Å². The number of carbonyl (C=O) groups excluding carboxylic acids is 1. The smallest absolute Gasteiger partial charge is 0.343 e. The van der Waals surface area contributed by atoms with Gasteiger partial charge in [-0.25, -0.2) is 13.2 Å². The summed E-state index contributed by atoms with van der Waals surface area (Å²) in [4.78, 5) is 12.5. The van der Waals surface area contributed by atoms with Gasteiger partial charge < -0.3 is 4.74 Å². The van der Waals surface area contributed by atoms with Crippen LogP contribution in [0.1, 0.15) is 22.8 Å². The first-order valence-corrected chi connectivity index (χ1v) is 10.3. The molecule has 144 valence electrons. The lowest BCUT2D eigenvalue weighted by atomic mass is 10.1. The van der Waals surface area contributed by atoms with E-state index in [1.807, 2.05) is 19.1 Å². The van der Waals surface area contributed by atoms with Gasteiger partial charge in [-0.05, 0) is 60.5 Å². The van der Waals surface area contributed by atoms with Crippen LogP contribution in [0.5, 0.6) is 5.75 Å². The van der Waals surface area contributed by atoms with Crippen molar-refractivity contribution in [1.29, 1.82) is 0 Å². The van der Waals surface area contributed by atoms with Crippen LogP contribution in [-0.2, 0) is 16.4 Å². The SMILES string of the molecule is CCc1ccc(C(=O)Oc2ccc(N(C)S(=O)(=O)c3ccccc3)cc2)cc1. The molecule has 0 unspecified atom stereocenters. The number of sulfonamides is 1. The molecule has 0 bridgehead atoms. The van der Waals surface area contributed by atoms with E-state index in [0.29, 0.717) is 17.0 Å². The van der Waals surface area contributed by atoms with Crippen molar-refractivity contribution in [2.75, 3.05) is 11.4 Å². The Morgan fingerprint density at radius 2 is 1.50 bits per heavy atom. The monoisotopic (exact) mass is 395 g/mol. The average molecular weight is 395 g/mol. The maximum Gasteiger partial charge on any atom is 0.343 e. The number of hydrogen-bond donors (Lipinski definition) is 0. The van der Waals surface area contributed by atoms with Gasteiger partial charge in [0.25, 0.3) is 10.0 Å². The van der Waals surface area contributed by atoms with Crippen molar-refractivity contribution in [3.8, 4) is 5.75 Å². The molecule has 0 aliphatic heterocycles. The molecule has 0 aromatic heterocycles. The summed E-state index contributed by atoms with van der Waals surface area (Å²) in [6.07, 6.45) is 0.899. The summed E-state index contributed by atoms with van der Waals surface area (Å²) in [5.41, 5.74) is 2.07. The van der Waals surface area contributed by atoms with E-state index < -0.39 is 16.0 Å². The first kappa shape index (κ1) is 19.6. The molecule has 0 saturated carbocycles. The number of hydrogen-bond acceptors (Lipinski definition) is 4. The Morgan fingerprint density at radius 1 is 0.893 bits per heavy atom. The standard InChI is InChI=1S/C22H21NO4S/c1-3-17-9-11-18(12-10-17)22(24)27-20-15-13-19(14-16-20)23(2)28(25,26)21-7-5-4-6-8-21/h4-16H,3H2,1-2H3. The van der Waals surface area contributed by atoms with Crippen LogP contribution in [0.25, 0.3) is 0 Å². The minimum Gasteiger partial charge on any atom is -0.423 e. The van der Waals surface area contributed by atoms with E-state index in [9.17, 15) is 13.2 Å². The minimum absolute atomic E-state index is 0.212. The molecule has 3 aromatic carbocycles. The number of ether oxygens (including phenoxy) is 1. The molecule has 0 spiro atoms. The second-order valence-electron chi connectivity index (χ2n) is 6.22. The molecule has 0 saturated heterocycles. The van der Waals surface area contributed by atoms with Crippen molar-refractivity contribution in [1.82, 2.24) is 0 Å². The van der Waals surface area contributed by atoms with Crippen LogP contribution in [0.3, 0.4) is 0 Å². The van der Waals surface area contributed by atoms with E-state index >= 15 is 0 Å². The molecule has 0 atom stereocenters. The van der Waals surface area contributed by atoms with E-state index in [1.165, 1.54) is 11.4 Å². The highest BCUT2D eigenvalue weighted by Crippen LogP contribution is 2.24. The Kier molecular flexibility index (Phi) is 5.80. The third-order valence-electron chi connectivity index (χ3n) is 4.41. The summed E-state index contributed by atoms with van der Waals surface area (Å²) in [6, 6.07) is 21.8. The molecular weight excluding hydrogens is 374 g/mol. The molecule has 0 fully saturated rings. The van der Waals surface area contributed by atoms with Gasteiger partial charge in [0.2, 0.25) is 0 Å². The first-order valence-electron chi connectivity index (χ1n) is 8.87. The minimum atomic E-state index is -3.65. The summed E-state index contributed by atoms with van der Waals surface area (Å²) in [7, 11) is -2.17. The van der Waals surface area contributed by atoms with Crippen molar-refractivity contribution in [2.45, 2.75) is 18.2 Å². The summed E-state index contributed by atoms with van der Waals surface area (Å²) in [5, 5.41) is 0. The molecule has 0 heterocycles. The number of aryl methyl sites for hydroxylation is 1. The zero-order valence-electron chi connectivity index (χ0n) is 15.7. The fourth-order valence-corrected chi connectivity index (χ4v) is 3.87. The highest BCUT2D eigenvalue weighted by Gasteiger charge is 2.21. The van der Waals surface area contributed by atoms with Gasteiger partial charge in [-0.15, -0.1) is 0 Å². The van der Waals surface area contributed by atoms with Crippen LogP contribution in [0.4, 0.5) is 5.69 Å². The van der Waals surface area contributed by atoms with Gasteiger partial charge in [0.05, 0.1) is 16.1 Å². The van der Waals surface area contributed by atoms with E-state index in [2.05, 4.69) is 0 Å². The second-order valence-corrected chi connectivity index (χ2v) is 8.19. The Bertz CT molecular complexity index is 1040. The fourth-order valence-electron chi connectivity index (χ4n) is 2.66. The number of anilines is 1. The normalized spacial score (nSPS) is 11.1. The zero-order chi connectivity index (χ0) is 20.1. The summed E-state index contributed by atoms with van der Waals surface area (Å²) in [5.74, 6) is -0.112. The van der Waals surface area contributed by atoms with Crippen LogP contribution in [0.15, 0.2) is 83.8 Å². The van der Waals surface area contributed by atoms with E-state index in [-0.39, 0.29) is 4.90 Å². The van der Waals surface area contributed by atoms with Gasteiger partial charge in [-0.1, -0.05) is 37.3 Å². The largest absolute Gasteiger partial charge is 0.423 e. The molecule has 0 aliphatic carbocycles. The maximum absolute atomic E-state index is 12.7. The van der Waals surface area contributed by atoms with Gasteiger partial charge in [-0.3, -0.25) is 4.31 Å². The Hall–Kier alpha value is -3.12. The molecule has 3 rings (SSSR count). The third-order valence-corrected chi connectivity index (χ3v) is 6.21. The van der Waals surface area contributed by atoms with E-state index in [0.717, 1.165) is 12.0 Å². The number of benzene rings is 3. The lowest BCUT2D eigenvalue weighted by molar-refractivity contribution is 0.0734. The van der Waals surface area contributed by atoms with Crippen molar-refractivity contribution in [3.05, 3.63) is 90.0 Å². The van der Waals surface area contributed by atoms with Crippen LogP contribution in [0.2, 0.25) is 0 Å². The number of nitrogens with zero attached hydrogens (tertiary/aromatic N) is 1. The predicted octanol–water partition coefficient (Wildman–Crippen LogP) is 4.29. The Labute approximate surface area is 165 Å². The van der Waals surface area contributed by atoms with Crippen LogP contribution in [0, 0.1) is 0 Å². The fraction of sp³-hybridized carbons (Fsp3) is 0.136. The summed E-state index contributed by atoms with van der Waals surface area (Å²) >= 11 is 0. The van der Waals surface area contributed by atoms with Crippen molar-refractivity contribution < 1.29 is 17.9 Å². The van der Waals surface area contributed by atoms with Gasteiger partial charge in [-0.2, -0.15) is 0 Å². The molecule has 28 heavy (non-hydrogen) atoms. The van der Waals surface area contributed by atoms with E-state index in [4.69, 9.17) is 4.74 Å². The third kappa shape index (κ3) is 4.23. The molecule has 0 radical (unpaired) electrons. The average Bonchev–Trinajstić information content (AvgIpc) is 2.74. The number of esters is 1. The first-order chi connectivity index (χ1) is 13.4. The zero-order valence-corrected chi connectivity index (χ0v) is 16.5. The van der Waals surface area contributed by atoms with E-state index in [1.54, 1.807) is 66.7 Å². The number of carbonyl (C=O) groups is 1. The Morgan fingerprint density at radius 3 is 2.07 bits per heavy atom. The van der Waals surface area contributed by atoms with Crippen LogP contribution >= 0.6 is 0 Å². The molecule has 0 aliphatic rings. The summed E-state index contributed by atoms with van der Waals surface area (Å²) < 4.78 is 31.9. The number of rotatable bonds is 6. The highest BCUT2D eigenvalue weighted by atomic mass is 32.2. The van der Waals surface area contributed by atoms with Crippen molar-refractivity contribution in [3.63, 3.8) is 0 Å². The molecular formula is C22H21NO4S. The molecule has 6 heteroatoms. The van der Waals surface area contributed by atoms with Crippen molar-refractivity contribution >= 4 is 21.7 Å². The molecule has 0 amide bonds. The van der Waals surface area contributed by atoms with Crippen LogP contribution in [-0.4, -0.2) is 21.4 Å². The Balaban J connectivity index is 1.73. The lowest BCUT2D eigenvalue weighted by Gasteiger charge is -2.19. The van der Waals surface area contributed by atoms with Gasteiger partial charge >= 0.3 is 5.97 Å². The summed E-state index contributed by atoms with van der Waals surface area (Å²) in [6.45, 7) is 2.05. The molecule has 3 aromatic rings. The molecule has 5 nitrogen and oxygen atoms in total. The topological polar surface area (TPSA) is 63.7 Å². The highest BCUT2D eigenvalue weighted by molar-refractivity contribution is 7.92.